The van der Waals surface area contributed by atoms with Gasteiger partial charge in [0.2, 0.25) is 0 Å². The lowest BCUT2D eigenvalue weighted by atomic mass is 9.41. The summed E-state index contributed by atoms with van der Waals surface area (Å²) in [5, 5.41) is 0. The zero-order valence-corrected chi connectivity index (χ0v) is 25.9. The van der Waals surface area contributed by atoms with Crippen molar-refractivity contribution in [1.82, 2.24) is 0 Å². The average Bonchev–Trinajstić information content (AvgIpc) is 2.75. The maximum absolute atomic E-state index is 12.9. The topological polar surface area (TPSA) is 17.1 Å². The van der Waals surface area contributed by atoms with Crippen LogP contribution in [0.3, 0.4) is 0 Å². The van der Waals surface area contributed by atoms with E-state index < -0.39 is 0 Å². The Morgan fingerprint density at radius 1 is 1.03 bits per heavy atom. The molecule has 3 atom stereocenters. The number of carbonyl (C=O) groups is 1. The highest BCUT2D eigenvalue weighted by Crippen LogP contribution is 2.70. The molecule has 1 aromatic carbocycles. The van der Waals surface area contributed by atoms with E-state index in [4.69, 9.17) is 13.2 Å². The van der Waals surface area contributed by atoms with Crippen molar-refractivity contribution in [2.75, 3.05) is 0 Å². The number of hydrogen-bond donors (Lipinski definition) is 0. The van der Waals surface area contributed by atoms with Crippen LogP contribution in [0.15, 0.2) is 65.3 Å². The lowest BCUT2D eigenvalue weighted by Gasteiger charge is -2.62. The van der Waals surface area contributed by atoms with Crippen molar-refractivity contribution in [2.45, 2.75) is 108 Å². The molecule has 0 N–H and O–H groups in total. The smallest absolute Gasteiger partial charge is 0.137 e. The molecule has 1 aromatic rings. The summed E-state index contributed by atoms with van der Waals surface area (Å²) in [4.78, 5) is 12.9. The molecule has 4 rings (SSSR count). The number of Topliss-reactive ketones (excluding diaryl/α,β-unsaturated/α-hetero) is 1. The Labute approximate surface area is 232 Å². The average molecular weight is 511 g/mol. The molecule has 0 radical (unpaired) electrons. The second-order valence-corrected chi connectivity index (χ2v) is 14.8. The monoisotopic (exact) mass is 510 g/mol. The quantitative estimate of drug-likeness (QED) is 0.385. The molecule has 1 heteroatoms. The normalized spacial score (nSPS) is 29.2. The van der Waals surface area contributed by atoms with E-state index in [1.807, 2.05) is 0 Å². The molecule has 3 aliphatic carbocycles. The number of ketones is 1. The van der Waals surface area contributed by atoms with Gasteiger partial charge in [-0.3, -0.25) is 4.79 Å². The van der Waals surface area contributed by atoms with Crippen LogP contribution >= 0.6 is 0 Å². The molecule has 1 nitrogen and oxygen atoms in total. The van der Waals surface area contributed by atoms with E-state index in [0.717, 1.165) is 42.4 Å². The molecule has 38 heavy (non-hydrogen) atoms. The van der Waals surface area contributed by atoms with Crippen molar-refractivity contribution < 1.29 is 4.79 Å². The third-order valence-corrected chi connectivity index (χ3v) is 10.5. The number of benzene rings is 1. The Morgan fingerprint density at radius 3 is 2.24 bits per heavy atom. The third-order valence-electron chi connectivity index (χ3n) is 10.5. The molecule has 204 valence electrons. The first-order valence-electron chi connectivity index (χ1n) is 14.5. The third kappa shape index (κ3) is 4.25. The molecule has 0 unspecified atom stereocenters. The van der Waals surface area contributed by atoms with Gasteiger partial charge in [0.1, 0.15) is 5.78 Å². The molecule has 0 fully saturated rings. The number of carbonyl (C=O) groups excluding carboxylic acids is 1. The van der Waals surface area contributed by atoms with Gasteiger partial charge in [-0.1, -0.05) is 90.1 Å². The highest BCUT2D eigenvalue weighted by atomic mass is 16.1. The summed E-state index contributed by atoms with van der Waals surface area (Å²) in [7, 11) is 0. The van der Waals surface area contributed by atoms with Crippen LogP contribution in [0.1, 0.15) is 110 Å². The first-order chi connectivity index (χ1) is 17.4. The SMILES string of the molecule is C=C(C)C1=C(C)C[C@@]2(C)C[C@@]3(C)Cc4ccc(CC(=O)CCC(C)(C)C)c(C)c4C(=C)C3=C(C)[C@@]2(C)C1=C. The fourth-order valence-corrected chi connectivity index (χ4v) is 8.59. The predicted molar refractivity (Wildman–Crippen MR) is 164 cm³/mol. The van der Waals surface area contributed by atoms with Crippen LogP contribution in [-0.4, -0.2) is 5.78 Å². The minimum absolute atomic E-state index is 0.0280. The molecule has 0 saturated heterocycles. The second kappa shape index (κ2) is 9.07. The number of rotatable bonds is 5. The Morgan fingerprint density at radius 2 is 1.66 bits per heavy atom. The fraction of sp³-hybridized carbons (Fsp3) is 0.541. The zero-order chi connectivity index (χ0) is 28.6. The van der Waals surface area contributed by atoms with Crippen molar-refractivity contribution in [2.24, 2.45) is 21.7 Å². The maximum Gasteiger partial charge on any atom is 0.137 e. The molecule has 0 spiro atoms. The van der Waals surface area contributed by atoms with Crippen LogP contribution in [0, 0.1) is 28.6 Å². The number of allylic oxidation sites excluding steroid dienone is 7. The standard InChI is InChI=1S/C37H50O/c1-22(2)31-23(3)19-36(12)21-35(11)20-29-15-14-28(18-30(38)16-17-34(8,9)10)24(4)32(29)25(5)33(35)27(7)37(36,13)26(31)6/h14-15H,1,5-6,16-21H2,2-4,7-13H3/t35-,36+,37-/m1/s1. The first kappa shape index (κ1) is 28.6. The summed E-state index contributed by atoms with van der Waals surface area (Å²) in [5.74, 6) is 0.332. The van der Waals surface area contributed by atoms with Gasteiger partial charge in [0, 0.05) is 18.3 Å². The first-order valence-corrected chi connectivity index (χ1v) is 14.5. The van der Waals surface area contributed by atoms with Gasteiger partial charge in [-0.25, -0.2) is 0 Å². The molecule has 0 bridgehead atoms. The van der Waals surface area contributed by atoms with Gasteiger partial charge >= 0.3 is 0 Å². The minimum atomic E-state index is -0.148. The molecular formula is C37H50O. The second-order valence-electron chi connectivity index (χ2n) is 14.8. The van der Waals surface area contributed by atoms with E-state index in [0.29, 0.717) is 18.6 Å². The summed E-state index contributed by atoms with van der Waals surface area (Å²) in [6.45, 7) is 36.7. The van der Waals surface area contributed by atoms with Gasteiger partial charge in [-0.2, -0.15) is 0 Å². The van der Waals surface area contributed by atoms with E-state index in [1.165, 1.54) is 44.6 Å². The van der Waals surface area contributed by atoms with Gasteiger partial charge in [-0.05, 0) is 114 Å². The minimum Gasteiger partial charge on any atom is -0.299 e. The molecule has 0 saturated carbocycles. The Balaban J connectivity index is 1.81. The van der Waals surface area contributed by atoms with Gasteiger partial charge in [0.05, 0.1) is 0 Å². The summed E-state index contributed by atoms with van der Waals surface area (Å²) in [6, 6.07) is 4.50. The molecule has 0 heterocycles. The highest BCUT2D eigenvalue weighted by molar-refractivity contribution is 5.88. The van der Waals surface area contributed by atoms with Crippen molar-refractivity contribution in [3.05, 3.63) is 87.6 Å². The Kier molecular flexibility index (Phi) is 6.83. The van der Waals surface area contributed by atoms with Gasteiger partial charge < -0.3 is 0 Å². The number of fused-ring (bicyclic) bond motifs is 3. The predicted octanol–water partition coefficient (Wildman–Crippen LogP) is 10.1. The lowest BCUT2D eigenvalue weighted by molar-refractivity contribution is -0.118. The van der Waals surface area contributed by atoms with Crippen molar-refractivity contribution >= 4 is 11.4 Å². The highest BCUT2D eigenvalue weighted by Gasteiger charge is 2.59. The van der Waals surface area contributed by atoms with Crippen molar-refractivity contribution in [1.29, 1.82) is 0 Å². The summed E-state index contributed by atoms with van der Waals surface area (Å²) < 4.78 is 0. The summed E-state index contributed by atoms with van der Waals surface area (Å²) in [6.07, 6.45) is 5.26. The molecule has 0 amide bonds. The van der Waals surface area contributed by atoms with E-state index >= 15 is 0 Å². The molecule has 0 aromatic heterocycles. The Bertz CT molecular complexity index is 1340. The van der Waals surface area contributed by atoms with E-state index in [2.05, 4.69) is 87.9 Å². The molecule has 0 aliphatic heterocycles. The van der Waals surface area contributed by atoms with Gasteiger partial charge in [0.25, 0.3) is 0 Å². The van der Waals surface area contributed by atoms with Gasteiger partial charge in [-0.15, -0.1) is 0 Å². The van der Waals surface area contributed by atoms with E-state index in [9.17, 15) is 4.79 Å². The van der Waals surface area contributed by atoms with Crippen LogP contribution in [0.4, 0.5) is 0 Å². The number of hydrogen-bond acceptors (Lipinski definition) is 1. The maximum atomic E-state index is 12.9. The summed E-state index contributed by atoms with van der Waals surface area (Å²) in [5.41, 5.74) is 14.2. The molecule has 3 aliphatic rings. The van der Waals surface area contributed by atoms with Crippen LogP contribution in [0.2, 0.25) is 0 Å². The van der Waals surface area contributed by atoms with Gasteiger partial charge in [0.15, 0.2) is 0 Å². The van der Waals surface area contributed by atoms with Crippen LogP contribution in [0.5, 0.6) is 0 Å². The summed E-state index contributed by atoms with van der Waals surface area (Å²) >= 11 is 0. The Hall–Kier alpha value is -2.41. The fourth-order valence-electron chi connectivity index (χ4n) is 8.59. The largest absolute Gasteiger partial charge is 0.299 e. The molecular weight excluding hydrogens is 460 g/mol. The van der Waals surface area contributed by atoms with Crippen LogP contribution in [0.25, 0.3) is 5.57 Å². The van der Waals surface area contributed by atoms with E-state index in [1.54, 1.807) is 0 Å². The van der Waals surface area contributed by atoms with Crippen molar-refractivity contribution in [3.63, 3.8) is 0 Å². The lowest BCUT2D eigenvalue weighted by Crippen LogP contribution is -2.52. The van der Waals surface area contributed by atoms with Crippen LogP contribution < -0.4 is 0 Å². The van der Waals surface area contributed by atoms with Crippen molar-refractivity contribution in [3.8, 4) is 0 Å². The van der Waals surface area contributed by atoms with E-state index in [-0.39, 0.29) is 21.7 Å². The zero-order valence-electron chi connectivity index (χ0n) is 25.9. The van der Waals surface area contributed by atoms with Crippen LogP contribution in [-0.2, 0) is 17.6 Å².